The van der Waals surface area contributed by atoms with Crippen molar-refractivity contribution in [3.8, 4) is 39.5 Å². The molecule has 0 saturated carbocycles. The maximum Gasteiger partial charge on any atom is 0.246 e. The van der Waals surface area contributed by atoms with Crippen molar-refractivity contribution in [2.75, 3.05) is 19.8 Å². The summed E-state index contributed by atoms with van der Waals surface area (Å²) in [6.45, 7) is 5.87. The van der Waals surface area contributed by atoms with Crippen LogP contribution >= 0.6 is 11.3 Å². The van der Waals surface area contributed by atoms with Crippen molar-refractivity contribution in [1.82, 2.24) is 29.4 Å². The van der Waals surface area contributed by atoms with Gasteiger partial charge in [0.05, 0.1) is 41.7 Å². The Bertz CT molecular complexity index is 2130. The van der Waals surface area contributed by atoms with Crippen molar-refractivity contribution in [2.45, 2.75) is 19.5 Å². The molecule has 1 aliphatic rings. The van der Waals surface area contributed by atoms with E-state index in [0.29, 0.717) is 40.4 Å². The number of fused-ring (bicyclic) bond motifs is 3. The second-order valence-corrected chi connectivity index (χ2v) is 11.9. The van der Waals surface area contributed by atoms with Gasteiger partial charge in [0.1, 0.15) is 35.4 Å². The predicted molar refractivity (Wildman–Crippen MR) is 169 cm³/mol. The van der Waals surface area contributed by atoms with Crippen molar-refractivity contribution in [1.29, 1.82) is 0 Å². The first-order valence-electron chi connectivity index (χ1n) is 14.3. The Labute approximate surface area is 260 Å². The fourth-order valence-electron chi connectivity index (χ4n) is 6.02. The van der Waals surface area contributed by atoms with E-state index in [1.54, 1.807) is 9.58 Å². The van der Waals surface area contributed by atoms with E-state index in [1.807, 2.05) is 60.6 Å². The fourth-order valence-corrected chi connectivity index (χ4v) is 6.97. The number of aliphatic hydroxyl groups excluding tert-OH is 1. The number of thiophene rings is 1. The topological polar surface area (TPSA) is 98.3 Å². The third-order valence-electron chi connectivity index (χ3n) is 7.91. The lowest BCUT2D eigenvalue weighted by Crippen LogP contribution is -2.39. The SMILES string of the molecule is C=CC(=O)N1Cc2cc(-c3nc(-c4ccc5nn(C)cc5c4)c4ccsc4c3-c3c(F)cc(F)cc3OCCO)nn2[C@@H](C)C1. The number of hydrogen-bond donors (Lipinski definition) is 1. The van der Waals surface area contributed by atoms with Crippen LogP contribution in [0, 0.1) is 11.6 Å². The highest BCUT2D eigenvalue weighted by Crippen LogP contribution is 2.47. The van der Waals surface area contributed by atoms with Crippen LogP contribution in [0.1, 0.15) is 18.7 Å². The summed E-state index contributed by atoms with van der Waals surface area (Å²) in [5.74, 6) is -1.86. The zero-order valence-electron chi connectivity index (χ0n) is 24.5. The Kier molecular flexibility index (Phi) is 7.17. The van der Waals surface area contributed by atoms with Gasteiger partial charge in [-0.15, -0.1) is 11.3 Å². The Morgan fingerprint density at radius 1 is 1.16 bits per heavy atom. The van der Waals surface area contributed by atoms with Gasteiger partial charge in [0, 0.05) is 58.5 Å². The van der Waals surface area contributed by atoms with Gasteiger partial charge in [0.2, 0.25) is 5.91 Å². The molecule has 1 N–H and O–H groups in total. The van der Waals surface area contributed by atoms with Gasteiger partial charge in [-0.1, -0.05) is 12.6 Å². The first-order valence-corrected chi connectivity index (χ1v) is 15.2. The fraction of sp³-hybridized carbons (Fsp3) is 0.212. The van der Waals surface area contributed by atoms with Crippen LogP contribution in [0.4, 0.5) is 8.78 Å². The van der Waals surface area contributed by atoms with Gasteiger partial charge in [-0.3, -0.25) is 14.2 Å². The van der Waals surface area contributed by atoms with Gasteiger partial charge < -0.3 is 14.7 Å². The van der Waals surface area contributed by atoms with Crippen molar-refractivity contribution in [3.63, 3.8) is 0 Å². The molecule has 228 valence electrons. The molecule has 0 radical (unpaired) electrons. The number of aliphatic hydroxyl groups is 1. The highest BCUT2D eigenvalue weighted by atomic mass is 32.1. The molecule has 0 unspecified atom stereocenters. The molecule has 6 aromatic rings. The van der Waals surface area contributed by atoms with Gasteiger partial charge in [-0.25, -0.2) is 13.8 Å². The third kappa shape index (κ3) is 4.95. The summed E-state index contributed by atoms with van der Waals surface area (Å²) < 4.78 is 40.5. The van der Waals surface area contributed by atoms with Crippen molar-refractivity contribution >= 4 is 38.2 Å². The Balaban J connectivity index is 1.51. The average molecular weight is 627 g/mol. The van der Waals surface area contributed by atoms with Crippen molar-refractivity contribution in [3.05, 3.63) is 84.0 Å². The van der Waals surface area contributed by atoms with Gasteiger partial charge >= 0.3 is 0 Å². The highest BCUT2D eigenvalue weighted by molar-refractivity contribution is 7.18. The number of carbonyl (C=O) groups excluding carboxylic acids is 1. The number of pyridine rings is 1. The molecule has 1 aliphatic heterocycles. The molecule has 2 aromatic carbocycles. The van der Waals surface area contributed by atoms with E-state index in [4.69, 9.17) is 14.8 Å². The standard InChI is InChI=1S/C33H28F2N6O3S/c1-4-28(43)40-15-18(2)41-22(17-40)14-26(38-41)32-30(29-24(35)12-21(34)13-27(29)44-9-8-42)33-23(7-10-45-33)31(36-32)19-5-6-25-20(11-19)16-39(3)37-25/h4-7,10-14,16,18,42H,1,8-9,15,17H2,2-3H3/t18-/m0/s1. The number of aryl methyl sites for hydroxylation is 1. The lowest BCUT2D eigenvalue weighted by molar-refractivity contribution is -0.127. The molecule has 0 bridgehead atoms. The van der Waals surface area contributed by atoms with Gasteiger partial charge in [0.25, 0.3) is 0 Å². The molecule has 4 aromatic heterocycles. The van der Waals surface area contributed by atoms with Crippen LogP contribution in [0.5, 0.6) is 5.75 Å². The van der Waals surface area contributed by atoms with E-state index in [9.17, 15) is 14.3 Å². The second kappa shape index (κ2) is 11.2. The van der Waals surface area contributed by atoms with Crippen LogP contribution < -0.4 is 4.74 Å². The molecule has 1 atom stereocenters. The molecule has 1 amide bonds. The summed E-state index contributed by atoms with van der Waals surface area (Å²) in [6.07, 6.45) is 3.22. The summed E-state index contributed by atoms with van der Waals surface area (Å²) in [5, 5.41) is 22.5. The number of ether oxygens (including phenoxy) is 1. The quantitative estimate of drug-likeness (QED) is 0.215. The largest absolute Gasteiger partial charge is 0.490 e. The predicted octanol–water partition coefficient (Wildman–Crippen LogP) is 6.12. The molecule has 45 heavy (non-hydrogen) atoms. The number of aromatic nitrogens is 5. The monoisotopic (exact) mass is 626 g/mol. The van der Waals surface area contributed by atoms with Gasteiger partial charge in [-0.05, 0) is 42.6 Å². The minimum atomic E-state index is -0.828. The summed E-state index contributed by atoms with van der Waals surface area (Å²) in [4.78, 5) is 19.4. The number of rotatable bonds is 7. The van der Waals surface area contributed by atoms with Crippen LogP contribution in [-0.2, 0) is 18.4 Å². The molecule has 7 rings (SSSR count). The van der Waals surface area contributed by atoms with Crippen LogP contribution in [-0.4, -0.2) is 60.2 Å². The minimum absolute atomic E-state index is 0.0246. The highest BCUT2D eigenvalue weighted by Gasteiger charge is 2.30. The molecule has 0 saturated heterocycles. The summed E-state index contributed by atoms with van der Waals surface area (Å²) in [7, 11) is 1.86. The van der Waals surface area contributed by atoms with Crippen LogP contribution in [0.2, 0.25) is 0 Å². The van der Waals surface area contributed by atoms with E-state index in [2.05, 4.69) is 11.7 Å². The Morgan fingerprint density at radius 2 is 2.00 bits per heavy atom. The number of benzene rings is 2. The molecular weight excluding hydrogens is 598 g/mol. The van der Waals surface area contributed by atoms with E-state index in [1.165, 1.54) is 17.4 Å². The van der Waals surface area contributed by atoms with Crippen LogP contribution in [0.15, 0.2) is 66.7 Å². The first-order chi connectivity index (χ1) is 21.7. The molecule has 5 heterocycles. The third-order valence-corrected chi connectivity index (χ3v) is 8.85. The van der Waals surface area contributed by atoms with E-state index >= 15 is 4.39 Å². The summed E-state index contributed by atoms with van der Waals surface area (Å²) >= 11 is 1.40. The lowest BCUT2D eigenvalue weighted by Gasteiger charge is -2.31. The maximum absolute atomic E-state index is 15.9. The van der Waals surface area contributed by atoms with Crippen molar-refractivity contribution in [2.24, 2.45) is 7.05 Å². The average Bonchev–Trinajstić information content (AvgIpc) is 3.76. The number of carbonyl (C=O) groups is 1. The first kappa shape index (κ1) is 28.8. The van der Waals surface area contributed by atoms with E-state index in [-0.39, 0.29) is 36.5 Å². The zero-order valence-corrected chi connectivity index (χ0v) is 25.3. The van der Waals surface area contributed by atoms with E-state index in [0.717, 1.165) is 39.7 Å². The van der Waals surface area contributed by atoms with E-state index < -0.39 is 11.6 Å². The Morgan fingerprint density at radius 3 is 2.80 bits per heavy atom. The molecule has 0 fully saturated rings. The number of halogens is 2. The van der Waals surface area contributed by atoms with Crippen LogP contribution in [0.3, 0.4) is 0 Å². The maximum atomic E-state index is 15.9. The molecule has 0 aliphatic carbocycles. The van der Waals surface area contributed by atoms with Crippen LogP contribution in [0.25, 0.3) is 54.8 Å². The number of hydrogen-bond acceptors (Lipinski definition) is 7. The van der Waals surface area contributed by atoms with Gasteiger partial charge in [-0.2, -0.15) is 10.2 Å². The molecule has 9 nitrogen and oxygen atoms in total. The second-order valence-electron chi connectivity index (χ2n) is 11.0. The molecule has 0 spiro atoms. The van der Waals surface area contributed by atoms with Crippen molar-refractivity contribution < 1.29 is 23.4 Å². The smallest absolute Gasteiger partial charge is 0.246 e. The summed E-state index contributed by atoms with van der Waals surface area (Å²) in [6, 6.07) is 11.5. The normalized spacial score (nSPS) is 14.7. The molecular formula is C33H28F2N6O3S. The summed E-state index contributed by atoms with van der Waals surface area (Å²) in [5.41, 5.74) is 4.40. The molecule has 12 heteroatoms. The number of amides is 1. The minimum Gasteiger partial charge on any atom is -0.490 e. The Hall–Kier alpha value is -4.94. The van der Waals surface area contributed by atoms with Gasteiger partial charge in [0.15, 0.2) is 0 Å². The number of nitrogens with zero attached hydrogens (tertiary/aromatic N) is 6. The zero-order chi connectivity index (χ0) is 31.4. The lowest BCUT2D eigenvalue weighted by atomic mass is 9.96.